The van der Waals surface area contributed by atoms with Crippen molar-refractivity contribution in [1.29, 1.82) is 0 Å². The normalized spacial score (nSPS) is 15.9. The van der Waals surface area contributed by atoms with Crippen molar-refractivity contribution in [2.24, 2.45) is 0 Å². The van der Waals surface area contributed by atoms with Gasteiger partial charge in [-0.3, -0.25) is 0 Å². The molecule has 3 nitrogen and oxygen atoms in total. The third-order valence-electron chi connectivity index (χ3n) is 15.5. The standard InChI is InChI=1S/C58H45BN2O/c1-56(2,3)32-20-22-33(23-21-32)61-50-30-47-39(34-14-8-12-18-45(34)58(47,6)7)26-41(50)37-24-25-38-42-27-40-35-15-9-11-17-44(35)57(4,5)46(40)29-49(42)60-51-31-53-43(36-16-10-13-19-52(36)62-53)28-48(51)59(61)54(37)55(38)60/h8-31H,1-7H3. The van der Waals surface area contributed by atoms with Crippen molar-refractivity contribution < 1.29 is 4.42 Å². The van der Waals surface area contributed by atoms with E-state index in [1.165, 1.54) is 111 Å². The fourth-order valence-electron chi connectivity index (χ4n) is 12.4. The Morgan fingerprint density at radius 3 is 1.87 bits per heavy atom. The molecule has 4 heterocycles. The van der Waals surface area contributed by atoms with Crippen LogP contribution in [-0.4, -0.2) is 11.4 Å². The summed E-state index contributed by atoms with van der Waals surface area (Å²) in [5, 5.41) is 4.90. The maximum atomic E-state index is 6.74. The molecule has 296 valence electrons. The zero-order valence-electron chi connectivity index (χ0n) is 36.2. The van der Waals surface area contributed by atoms with Crippen molar-refractivity contribution in [3.63, 3.8) is 0 Å². The highest BCUT2D eigenvalue weighted by molar-refractivity contribution is 6.94. The molecule has 4 heteroatoms. The summed E-state index contributed by atoms with van der Waals surface area (Å²) in [7, 11) is 0. The van der Waals surface area contributed by atoms with Gasteiger partial charge >= 0.3 is 6.85 Å². The lowest BCUT2D eigenvalue weighted by atomic mass is 9.44. The van der Waals surface area contributed by atoms with Crippen molar-refractivity contribution in [1.82, 2.24) is 4.57 Å². The van der Waals surface area contributed by atoms with E-state index >= 15 is 0 Å². The van der Waals surface area contributed by atoms with Crippen molar-refractivity contribution in [3.8, 4) is 39.1 Å². The summed E-state index contributed by atoms with van der Waals surface area (Å²) in [4.78, 5) is 2.69. The molecule has 0 saturated carbocycles. The lowest BCUT2D eigenvalue weighted by molar-refractivity contribution is 0.590. The van der Waals surface area contributed by atoms with Crippen LogP contribution < -0.4 is 15.7 Å². The summed E-state index contributed by atoms with van der Waals surface area (Å²) in [5.41, 5.74) is 25.4. The highest BCUT2D eigenvalue weighted by Gasteiger charge is 2.47. The van der Waals surface area contributed by atoms with Crippen molar-refractivity contribution in [2.75, 3.05) is 4.81 Å². The Morgan fingerprint density at radius 1 is 0.484 bits per heavy atom. The molecule has 8 aromatic carbocycles. The Morgan fingerprint density at radius 2 is 1.15 bits per heavy atom. The first kappa shape index (κ1) is 34.9. The molecular formula is C58H45BN2O. The molecule has 62 heavy (non-hydrogen) atoms. The van der Waals surface area contributed by atoms with E-state index in [9.17, 15) is 0 Å². The number of nitrogens with zero attached hydrogens (tertiary/aromatic N) is 2. The first-order valence-electron chi connectivity index (χ1n) is 22.3. The molecule has 0 saturated heterocycles. The zero-order valence-corrected chi connectivity index (χ0v) is 36.2. The number of para-hydroxylation sites is 1. The molecule has 2 aliphatic heterocycles. The van der Waals surface area contributed by atoms with Gasteiger partial charge in [0.2, 0.25) is 0 Å². The number of furan rings is 1. The molecule has 4 aliphatic rings. The van der Waals surface area contributed by atoms with Crippen LogP contribution in [-0.2, 0) is 16.2 Å². The summed E-state index contributed by atoms with van der Waals surface area (Å²) in [6.07, 6.45) is 0. The highest BCUT2D eigenvalue weighted by Crippen LogP contribution is 2.56. The van der Waals surface area contributed by atoms with E-state index < -0.39 is 0 Å². The van der Waals surface area contributed by atoms with Gasteiger partial charge in [0.15, 0.2) is 0 Å². The van der Waals surface area contributed by atoms with E-state index in [0.717, 1.165) is 21.9 Å². The second-order valence-corrected chi connectivity index (χ2v) is 20.5. The molecule has 0 N–H and O–H groups in total. The van der Waals surface area contributed by atoms with Crippen molar-refractivity contribution >= 4 is 72.9 Å². The SMILES string of the molecule is CC(C)(C)c1ccc(N2B3c4cc5c(cc4-n4c6cc7c(cc6c6ccc(c3c64)-c3cc4c(cc32)C(C)(C)c2ccccc2-4)-c2ccccc2C7(C)C)oc2ccccc25)cc1. The van der Waals surface area contributed by atoms with Gasteiger partial charge in [0.25, 0.3) is 0 Å². The van der Waals surface area contributed by atoms with E-state index in [-0.39, 0.29) is 23.1 Å². The molecule has 2 aromatic heterocycles. The monoisotopic (exact) mass is 796 g/mol. The van der Waals surface area contributed by atoms with E-state index in [2.05, 4.69) is 203 Å². The van der Waals surface area contributed by atoms with E-state index in [0.29, 0.717) is 0 Å². The van der Waals surface area contributed by atoms with Crippen molar-refractivity contribution in [2.45, 2.75) is 64.7 Å². The van der Waals surface area contributed by atoms with Gasteiger partial charge in [0, 0.05) is 61.1 Å². The number of fused-ring (bicyclic) bond motifs is 17. The number of hydrogen-bond donors (Lipinski definition) is 0. The quantitative estimate of drug-likeness (QED) is 0.154. The number of rotatable bonds is 1. The van der Waals surface area contributed by atoms with E-state index in [1.54, 1.807) is 0 Å². The topological polar surface area (TPSA) is 21.3 Å². The zero-order chi connectivity index (χ0) is 41.8. The van der Waals surface area contributed by atoms with Crippen LogP contribution in [0.4, 0.5) is 11.4 Å². The van der Waals surface area contributed by atoms with Gasteiger partial charge in [-0.2, -0.15) is 0 Å². The molecule has 2 aliphatic carbocycles. The summed E-state index contributed by atoms with van der Waals surface area (Å²) in [6.45, 7) is 16.4. The second kappa shape index (κ2) is 11.2. The lowest BCUT2D eigenvalue weighted by Gasteiger charge is -2.42. The molecule has 0 radical (unpaired) electrons. The number of anilines is 2. The molecule has 14 rings (SSSR count). The molecule has 0 amide bonds. The smallest absolute Gasteiger partial charge is 0.333 e. The predicted octanol–water partition coefficient (Wildman–Crippen LogP) is 13.8. The van der Waals surface area contributed by atoms with Crippen LogP contribution in [0.3, 0.4) is 0 Å². The third kappa shape index (κ3) is 4.14. The van der Waals surface area contributed by atoms with Gasteiger partial charge in [0.1, 0.15) is 11.2 Å². The van der Waals surface area contributed by atoms with Gasteiger partial charge in [-0.05, 0) is 114 Å². The van der Waals surface area contributed by atoms with E-state index in [1.807, 2.05) is 0 Å². The molecule has 0 bridgehead atoms. The highest BCUT2D eigenvalue weighted by atomic mass is 16.3. The minimum atomic E-state index is -0.140. The largest absolute Gasteiger partial charge is 0.456 e. The Bertz CT molecular complexity index is 3680. The minimum Gasteiger partial charge on any atom is -0.456 e. The molecule has 0 spiro atoms. The van der Waals surface area contributed by atoms with Crippen LogP contribution in [0.15, 0.2) is 150 Å². The summed E-state index contributed by atoms with van der Waals surface area (Å²) in [6, 6.07) is 55.9. The molecule has 0 unspecified atom stereocenters. The van der Waals surface area contributed by atoms with E-state index in [4.69, 9.17) is 4.42 Å². The summed E-state index contributed by atoms with van der Waals surface area (Å²) < 4.78 is 9.35. The summed E-state index contributed by atoms with van der Waals surface area (Å²) in [5.74, 6) is 0. The summed E-state index contributed by atoms with van der Waals surface area (Å²) >= 11 is 0. The van der Waals surface area contributed by atoms with Crippen LogP contribution in [0.5, 0.6) is 0 Å². The average molecular weight is 797 g/mol. The number of hydrogen-bond acceptors (Lipinski definition) is 2. The first-order valence-corrected chi connectivity index (χ1v) is 22.3. The Balaban J connectivity index is 1.15. The molecule has 0 atom stereocenters. The first-order chi connectivity index (χ1) is 29.9. The predicted molar refractivity (Wildman–Crippen MR) is 261 cm³/mol. The van der Waals surface area contributed by atoms with Crippen LogP contribution in [0.25, 0.3) is 82.8 Å². The maximum Gasteiger partial charge on any atom is 0.333 e. The van der Waals surface area contributed by atoms with Gasteiger partial charge < -0.3 is 13.8 Å². The minimum absolute atomic E-state index is 0.0371. The average Bonchev–Trinajstić information content (AvgIpc) is 3.94. The Labute approximate surface area is 362 Å². The fraction of sp³-hybridized carbons (Fsp3) is 0.172. The van der Waals surface area contributed by atoms with Crippen LogP contribution >= 0.6 is 0 Å². The lowest BCUT2D eigenvalue weighted by Crippen LogP contribution is -2.60. The van der Waals surface area contributed by atoms with Crippen LogP contribution in [0, 0.1) is 0 Å². The van der Waals surface area contributed by atoms with Gasteiger partial charge in [0.05, 0.1) is 11.0 Å². The van der Waals surface area contributed by atoms with Gasteiger partial charge in [-0.15, -0.1) is 0 Å². The van der Waals surface area contributed by atoms with Crippen LogP contribution in [0.2, 0.25) is 0 Å². The van der Waals surface area contributed by atoms with Gasteiger partial charge in [-0.1, -0.05) is 146 Å². The third-order valence-corrected chi connectivity index (χ3v) is 15.5. The molecule has 0 fully saturated rings. The Kier molecular flexibility index (Phi) is 6.29. The number of aromatic nitrogens is 1. The number of benzene rings is 8. The second-order valence-electron chi connectivity index (χ2n) is 20.5. The van der Waals surface area contributed by atoms with Gasteiger partial charge in [-0.25, -0.2) is 0 Å². The Hall–Kier alpha value is -6.78. The van der Waals surface area contributed by atoms with Crippen molar-refractivity contribution in [3.05, 3.63) is 173 Å². The fourth-order valence-corrected chi connectivity index (χ4v) is 12.4. The maximum absolute atomic E-state index is 6.74. The van der Waals surface area contributed by atoms with Crippen LogP contribution in [0.1, 0.15) is 76.3 Å². The molecule has 10 aromatic rings. The molecular weight excluding hydrogens is 751 g/mol.